The fourth-order valence-electron chi connectivity index (χ4n) is 12.9. The lowest BCUT2D eigenvalue weighted by molar-refractivity contribution is -0.160. The second kappa shape index (κ2) is 14.8. The number of rotatable bonds is 6. The molecule has 4 nitrogen and oxygen atoms in total. The Hall–Kier alpha value is -1.06. The molecule has 46 heavy (non-hydrogen) atoms. The molecule has 0 spiro atoms. The van der Waals surface area contributed by atoms with Gasteiger partial charge in [0.05, 0.1) is 11.8 Å². The Bertz CT molecular complexity index is 927. The molecule has 6 unspecified atom stereocenters. The minimum atomic E-state index is 0.120. The van der Waals surface area contributed by atoms with Gasteiger partial charge in [-0.1, -0.05) is 46.5 Å². The largest absolute Gasteiger partial charge is 0.462 e. The highest BCUT2D eigenvalue weighted by Gasteiger charge is 2.53. The molecule has 7 rings (SSSR count). The maximum Gasteiger partial charge on any atom is 0.309 e. The van der Waals surface area contributed by atoms with E-state index in [1.54, 1.807) is 0 Å². The third-order valence-electron chi connectivity index (χ3n) is 15.9. The first-order valence-corrected chi connectivity index (χ1v) is 20.7. The standard InChI is InChI=1S/C42H68O4/c1-26-4-8-29(9-5-26)31-12-16-33(17-13-31)41(43)45-35-20-22-37-38-23-21-36(25-40(38)28(3)39(37)24-35)46-42(44)34-18-14-32(15-19-34)30-10-6-27(2)7-11-30/h26-40H,4-25H2,1-3H3/t26?,27?,28?,29?,30?,31?,32?,33?,34?,35?,36?,37-,38?,39?,40?/m1/s1. The van der Waals surface area contributed by atoms with Crippen LogP contribution in [0.1, 0.15) is 162 Å². The first-order valence-electron chi connectivity index (χ1n) is 20.7. The monoisotopic (exact) mass is 637 g/mol. The van der Waals surface area contributed by atoms with Crippen LogP contribution < -0.4 is 0 Å². The van der Waals surface area contributed by atoms with Crippen molar-refractivity contribution in [1.29, 1.82) is 0 Å². The van der Waals surface area contributed by atoms with Crippen LogP contribution in [0.3, 0.4) is 0 Å². The summed E-state index contributed by atoms with van der Waals surface area (Å²) < 4.78 is 12.6. The molecule has 0 radical (unpaired) electrons. The average Bonchev–Trinajstić information content (AvgIpc) is 3.35. The Balaban J connectivity index is 0.839. The summed E-state index contributed by atoms with van der Waals surface area (Å²) in [6, 6.07) is 0. The quantitative estimate of drug-likeness (QED) is 0.272. The van der Waals surface area contributed by atoms with Crippen LogP contribution in [0.4, 0.5) is 0 Å². The van der Waals surface area contributed by atoms with Gasteiger partial charge in [-0.05, 0) is 181 Å². The van der Waals surface area contributed by atoms with Gasteiger partial charge in [-0.3, -0.25) is 9.59 Å². The molecule has 7 aliphatic carbocycles. The number of hydrogen-bond acceptors (Lipinski definition) is 4. The molecule has 7 saturated carbocycles. The summed E-state index contributed by atoms with van der Waals surface area (Å²) >= 11 is 0. The highest BCUT2D eigenvalue weighted by Crippen LogP contribution is 2.58. The van der Waals surface area contributed by atoms with Gasteiger partial charge in [0.2, 0.25) is 0 Å². The lowest BCUT2D eigenvalue weighted by Crippen LogP contribution is -2.36. The van der Waals surface area contributed by atoms with E-state index in [-0.39, 0.29) is 36.0 Å². The summed E-state index contributed by atoms with van der Waals surface area (Å²) in [6.07, 6.45) is 27.3. The van der Waals surface area contributed by atoms with Crippen LogP contribution >= 0.6 is 0 Å². The van der Waals surface area contributed by atoms with Crippen LogP contribution in [0.15, 0.2) is 0 Å². The zero-order valence-corrected chi connectivity index (χ0v) is 29.8. The molecule has 0 aromatic rings. The van der Waals surface area contributed by atoms with Gasteiger partial charge in [-0.2, -0.15) is 0 Å². The molecule has 0 N–H and O–H groups in total. The molecule has 0 heterocycles. The Morgan fingerprint density at radius 2 is 0.717 bits per heavy atom. The van der Waals surface area contributed by atoms with Crippen LogP contribution in [-0.4, -0.2) is 24.1 Å². The molecule has 7 aliphatic rings. The number of esters is 2. The smallest absolute Gasteiger partial charge is 0.309 e. The number of carbonyl (C=O) groups excluding carboxylic acids is 2. The lowest BCUT2D eigenvalue weighted by Gasteiger charge is -2.39. The molecular weight excluding hydrogens is 568 g/mol. The van der Waals surface area contributed by atoms with Gasteiger partial charge in [-0.25, -0.2) is 0 Å². The van der Waals surface area contributed by atoms with Gasteiger partial charge in [0.1, 0.15) is 12.2 Å². The van der Waals surface area contributed by atoms with Gasteiger partial charge in [0.25, 0.3) is 0 Å². The van der Waals surface area contributed by atoms with Crippen molar-refractivity contribution >= 4 is 11.9 Å². The first-order chi connectivity index (χ1) is 22.3. The summed E-state index contributed by atoms with van der Waals surface area (Å²) in [5, 5.41) is 0. The minimum absolute atomic E-state index is 0.120. The van der Waals surface area contributed by atoms with E-state index in [9.17, 15) is 9.59 Å². The van der Waals surface area contributed by atoms with Crippen molar-refractivity contribution < 1.29 is 19.1 Å². The van der Waals surface area contributed by atoms with Crippen LogP contribution in [0.5, 0.6) is 0 Å². The first kappa shape index (κ1) is 33.4. The zero-order chi connectivity index (χ0) is 31.8. The van der Waals surface area contributed by atoms with Crippen LogP contribution in [-0.2, 0) is 19.1 Å². The van der Waals surface area contributed by atoms with E-state index in [1.807, 2.05) is 0 Å². The molecule has 0 aliphatic heterocycles. The van der Waals surface area contributed by atoms with E-state index in [2.05, 4.69) is 20.8 Å². The molecule has 260 valence electrons. The summed E-state index contributed by atoms with van der Waals surface area (Å²) in [7, 11) is 0. The van der Waals surface area contributed by atoms with E-state index >= 15 is 0 Å². The van der Waals surface area contributed by atoms with Crippen molar-refractivity contribution in [2.24, 2.45) is 76.9 Å². The molecular formula is C42H68O4. The summed E-state index contributed by atoms with van der Waals surface area (Å²) in [5.41, 5.74) is 0. The number of fused-ring (bicyclic) bond motifs is 3. The van der Waals surface area contributed by atoms with E-state index < -0.39 is 0 Å². The lowest BCUT2D eigenvalue weighted by atomic mass is 9.69. The van der Waals surface area contributed by atoms with Gasteiger partial charge in [0, 0.05) is 0 Å². The average molecular weight is 637 g/mol. The highest BCUT2D eigenvalue weighted by molar-refractivity contribution is 5.73. The van der Waals surface area contributed by atoms with E-state index in [0.29, 0.717) is 17.8 Å². The number of ether oxygens (including phenoxy) is 2. The molecule has 7 fully saturated rings. The van der Waals surface area contributed by atoms with Gasteiger partial charge >= 0.3 is 11.9 Å². The van der Waals surface area contributed by atoms with Crippen LogP contribution in [0, 0.1) is 76.9 Å². The molecule has 0 aromatic heterocycles. The van der Waals surface area contributed by atoms with E-state index in [1.165, 1.54) is 89.9 Å². The van der Waals surface area contributed by atoms with Crippen LogP contribution in [0.2, 0.25) is 0 Å². The van der Waals surface area contributed by atoms with Gasteiger partial charge < -0.3 is 9.47 Å². The minimum Gasteiger partial charge on any atom is -0.462 e. The number of carbonyl (C=O) groups is 2. The third kappa shape index (κ3) is 7.41. The summed E-state index contributed by atoms with van der Waals surface area (Å²) in [5.74, 6) is 9.40. The normalized spacial score (nSPS) is 48.1. The Morgan fingerprint density at radius 3 is 1.07 bits per heavy atom. The number of hydrogen-bond donors (Lipinski definition) is 0. The Kier molecular flexibility index (Phi) is 10.8. The van der Waals surface area contributed by atoms with Gasteiger partial charge in [-0.15, -0.1) is 0 Å². The van der Waals surface area contributed by atoms with Crippen molar-refractivity contribution in [3.8, 4) is 0 Å². The Labute approximate surface area is 281 Å². The molecule has 0 aromatic carbocycles. The fourth-order valence-corrected chi connectivity index (χ4v) is 12.9. The van der Waals surface area contributed by atoms with E-state index in [4.69, 9.17) is 9.47 Å². The Morgan fingerprint density at radius 1 is 0.391 bits per heavy atom. The highest BCUT2D eigenvalue weighted by atomic mass is 16.5. The summed E-state index contributed by atoms with van der Waals surface area (Å²) in [6.45, 7) is 7.29. The van der Waals surface area contributed by atoms with Crippen molar-refractivity contribution in [2.75, 3.05) is 0 Å². The topological polar surface area (TPSA) is 52.6 Å². The van der Waals surface area contributed by atoms with Crippen molar-refractivity contribution in [3.05, 3.63) is 0 Å². The molecule has 0 amide bonds. The molecule has 7 atom stereocenters. The second-order valence-electron chi connectivity index (χ2n) is 18.5. The maximum absolute atomic E-state index is 13.3. The summed E-state index contributed by atoms with van der Waals surface area (Å²) in [4.78, 5) is 26.7. The van der Waals surface area contributed by atoms with Gasteiger partial charge in [0.15, 0.2) is 0 Å². The third-order valence-corrected chi connectivity index (χ3v) is 15.9. The fraction of sp³-hybridized carbons (Fsp3) is 0.952. The zero-order valence-electron chi connectivity index (χ0n) is 29.8. The molecule has 0 bridgehead atoms. The van der Waals surface area contributed by atoms with Crippen molar-refractivity contribution in [2.45, 2.75) is 174 Å². The van der Waals surface area contributed by atoms with E-state index in [0.717, 1.165) is 98.7 Å². The van der Waals surface area contributed by atoms with Crippen molar-refractivity contribution in [1.82, 2.24) is 0 Å². The second-order valence-corrected chi connectivity index (χ2v) is 18.5. The maximum atomic E-state index is 13.3. The predicted molar refractivity (Wildman–Crippen MR) is 184 cm³/mol. The SMILES string of the molecule is CC1CCC(C2CCC(C(=O)OC3CCC4C(C3)C(C)C3CC(OC(=O)C5CCC(C6CCC(C)CC6)CC5)CC[C@@H]34)CC2)CC1. The molecule has 4 heteroatoms. The van der Waals surface area contributed by atoms with Crippen molar-refractivity contribution in [3.63, 3.8) is 0 Å². The van der Waals surface area contributed by atoms with Crippen LogP contribution in [0.25, 0.3) is 0 Å². The predicted octanol–water partition coefficient (Wildman–Crippen LogP) is 10.6. The molecule has 0 saturated heterocycles.